The molecule has 0 saturated carbocycles. The van der Waals surface area contributed by atoms with Gasteiger partial charge >= 0.3 is 0 Å². The molecule has 1 aliphatic carbocycles. The second kappa shape index (κ2) is 5.87. The Morgan fingerprint density at radius 3 is 2.19 bits per heavy atom. The van der Waals surface area contributed by atoms with Gasteiger partial charge in [-0.2, -0.15) is 0 Å². The highest BCUT2D eigenvalue weighted by atomic mass is 35.5. The lowest BCUT2D eigenvalue weighted by atomic mass is 9.68. The van der Waals surface area contributed by atoms with Gasteiger partial charge in [-0.3, -0.25) is 0 Å². The van der Waals surface area contributed by atoms with Gasteiger partial charge in [0.15, 0.2) is 0 Å². The van der Waals surface area contributed by atoms with Crippen molar-refractivity contribution in [2.75, 3.05) is 5.32 Å². The molecule has 0 saturated heterocycles. The summed E-state index contributed by atoms with van der Waals surface area (Å²) in [6.45, 7) is 4.63. The molecule has 4 aromatic carbocycles. The van der Waals surface area contributed by atoms with Crippen LogP contribution in [-0.4, -0.2) is 0 Å². The van der Waals surface area contributed by atoms with E-state index in [-0.39, 0.29) is 5.41 Å². The van der Waals surface area contributed by atoms with Crippen LogP contribution in [0, 0.1) is 0 Å². The zero-order valence-electron chi connectivity index (χ0n) is 15.4. The number of anilines is 2. The fourth-order valence-corrected chi connectivity index (χ4v) is 4.67. The minimum Gasteiger partial charge on any atom is -0.354 e. The van der Waals surface area contributed by atoms with Crippen molar-refractivity contribution in [3.05, 3.63) is 95.0 Å². The highest BCUT2D eigenvalue weighted by Gasteiger charge is 2.35. The lowest BCUT2D eigenvalue weighted by Gasteiger charge is -2.37. The van der Waals surface area contributed by atoms with Crippen molar-refractivity contribution in [3.63, 3.8) is 0 Å². The Labute approximate surface area is 164 Å². The van der Waals surface area contributed by atoms with Crippen LogP contribution in [0.3, 0.4) is 0 Å². The Balaban J connectivity index is 1.80. The number of fused-ring (bicyclic) bond motifs is 2. The summed E-state index contributed by atoms with van der Waals surface area (Å²) < 4.78 is 0. The van der Waals surface area contributed by atoms with Crippen molar-refractivity contribution in [2.24, 2.45) is 0 Å². The molecular weight excluding hydrogens is 350 g/mol. The molecule has 0 fully saturated rings. The summed E-state index contributed by atoms with van der Waals surface area (Å²) in [7, 11) is 0. The van der Waals surface area contributed by atoms with E-state index in [1.165, 1.54) is 33.0 Å². The molecule has 5 rings (SSSR count). The Hall–Kier alpha value is -2.77. The first-order chi connectivity index (χ1) is 13.1. The fraction of sp³-hybridized carbons (Fsp3) is 0.120. The predicted molar refractivity (Wildman–Crippen MR) is 116 cm³/mol. The van der Waals surface area contributed by atoms with E-state index in [4.69, 9.17) is 11.6 Å². The van der Waals surface area contributed by atoms with Crippen LogP contribution in [0.5, 0.6) is 0 Å². The molecular formula is C25H20ClN. The van der Waals surface area contributed by atoms with Gasteiger partial charge in [0.1, 0.15) is 0 Å². The minimum atomic E-state index is -0.117. The number of nitrogens with one attached hydrogen (secondary N) is 1. The SMILES string of the molecule is CC1(C)c2c(Nc3ccccc3Cl)cccc2-c2cccc3cccc1c23. The molecule has 1 N–H and O–H groups in total. The molecule has 0 heterocycles. The standard InChI is InChI=1S/C25H20ClN/c1-25(2)19-12-6-9-16-8-5-10-17(23(16)19)18-11-7-15-22(24(18)25)27-21-14-4-3-13-20(21)26/h3-15,27H,1-2H3. The summed E-state index contributed by atoms with van der Waals surface area (Å²) >= 11 is 6.41. The maximum Gasteiger partial charge on any atom is 0.0640 e. The van der Waals surface area contributed by atoms with Gasteiger partial charge < -0.3 is 5.32 Å². The van der Waals surface area contributed by atoms with E-state index in [1.54, 1.807) is 0 Å². The molecule has 0 aromatic heterocycles. The number of benzene rings is 4. The average molecular weight is 370 g/mol. The second-order valence-electron chi connectivity index (χ2n) is 7.67. The van der Waals surface area contributed by atoms with Gasteiger partial charge in [0.25, 0.3) is 0 Å². The number of hydrogen-bond acceptors (Lipinski definition) is 1. The molecule has 0 aliphatic heterocycles. The van der Waals surface area contributed by atoms with Crippen molar-refractivity contribution in [2.45, 2.75) is 19.3 Å². The van der Waals surface area contributed by atoms with E-state index in [9.17, 15) is 0 Å². The lowest BCUT2D eigenvalue weighted by molar-refractivity contribution is 0.647. The lowest BCUT2D eigenvalue weighted by Crippen LogP contribution is -2.25. The Morgan fingerprint density at radius 2 is 1.37 bits per heavy atom. The van der Waals surface area contributed by atoms with Crippen LogP contribution in [0.2, 0.25) is 5.02 Å². The van der Waals surface area contributed by atoms with Crippen LogP contribution in [0.15, 0.2) is 78.9 Å². The maximum absolute atomic E-state index is 6.41. The van der Waals surface area contributed by atoms with Crippen LogP contribution in [0.25, 0.3) is 21.9 Å². The molecule has 0 unspecified atom stereocenters. The van der Waals surface area contributed by atoms with Gasteiger partial charge in [0.05, 0.1) is 10.7 Å². The topological polar surface area (TPSA) is 12.0 Å². The predicted octanol–water partition coefficient (Wildman–Crippen LogP) is 7.54. The summed E-state index contributed by atoms with van der Waals surface area (Å²) in [6, 6.07) is 27.6. The third-order valence-electron chi connectivity index (χ3n) is 5.70. The Bertz CT molecular complexity index is 1180. The molecule has 132 valence electrons. The zero-order valence-corrected chi connectivity index (χ0v) is 16.1. The van der Waals surface area contributed by atoms with E-state index >= 15 is 0 Å². The van der Waals surface area contributed by atoms with Crippen LogP contribution < -0.4 is 5.32 Å². The van der Waals surface area contributed by atoms with Gasteiger partial charge in [-0.05, 0) is 51.2 Å². The van der Waals surface area contributed by atoms with Crippen LogP contribution in [0.4, 0.5) is 11.4 Å². The number of halogens is 1. The van der Waals surface area contributed by atoms with Gasteiger partial charge in [-0.25, -0.2) is 0 Å². The summed E-state index contributed by atoms with van der Waals surface area (Å²) in [5.74, 6) is 0. The van der Waals surface area contributed by atoms with Crippen molar-refractivity contribution in [3.8, 4) is 11.1 Å². The maximum atomic E-state index is 6.41. The van der Waals surface area contributed by atoms with Crippen molar-refractivity contribution < 1.29 is 0 Å². The van der Waals surface area contributed by atoms with Gasteiger partial charge in [0, 0.05) is 11.1 Å². The molecule has 4 aromatic rings. The molecule has 2 heteroatoms. The molecule has 0 radical (unpaired) electrons. The molecule has 27 heavy (non-hydrogen) atoms. The van der Waals surface area contributed by atoms with Crippen molar-refractivity contribution in [1.82, 2.24) is 0 Å². The Kier molecular flexibility index (Phi) is 3.57. The molecule has 1 nitrogen and oxygen atoms in total. The zero-order chi connectivity index (χ0) is 18.6. The molecule has 0 spiro atoms. The summed E-state index contributed by atoms with van der Waals surface area (Å²) in [6.07, 6.45) is 0. The molecule has 0 atom stereocenters. The highest BCUT2D eigenvalue weighted by molar-refractivity contribution is 6.33. The van der Waals surface area contributed by atoms with Crippen LogP contribution in [0.1, 0.15) is 25.0 Å². The number of hydrogen-bond donors (Lipinski definition) is 1. The first-order valence-electron chi connectivity index (χ1n) is 9.25. The van der Waals surface area contributed by atoms with Gasteiger partial charge in [-0.15, -0.1) is 0 Å². The quantitative estimate of drug-likeness (QED) is 0.384. The minimum absolute atomic E-state index is 0.117. The second-order valence-corrected chi connectivity index (χ2v) is 8.07. The van der Waals surface area contributed by atoms with E-state index in [0.29, 0.717) is 0 Å². The van der Waals surface area contributed by atoms with Crippen LogP contribution >= 0.6 is 11.6 Å². The summed E-state index contributed by atoms with van der Waals surface area (Å²) in [4.78, 5) is 0. The third-order valence-corrected chi connectivity index (χ3v) is 6.03. The Morgan fingerprint density at radius 1 is 0.704 bits per heavy atom. The van der Waals surface area contributed by atoms with Crippen molar-refractivity contribution in [1.29, 1.82) is 0 Å². The first kappa shape index (κ1) is 16.4. The summed E-state index contributed by atoms with van der Waals surface area (Å²) in [5, 5.41) is 6.98. The van der Waals surface area contributed by atoms with E-state index in [0.717, 1.165) is 16.4 Å². The van der Waals surface area contributed by atoms with Crippen molar-refractivity contribution >= 4 is 33.7 Å². The largest absolute Gasteiger partial charge is 0.354 e. The molecule has 0 bridgehead atoms. The third kappa shape index (κ3) is 2.39. The first-order valence-corrected chi connectivity index (χ1v) is 9.63. The number of para-hydroxylation sites is 1. The average Bonchev–Trinajstić information content (AvgIpc) is 2.68. The smallest absolute Gasteiger partial charge is 0.0640 e. The molecule has 1 aliphatic rings. The van der Waals surface area contributed by atoms with Gasteiger partial charge in [0.2, 0.25) is 0 Å². The molecule has 0 amide bonds. The summed E-state index contributed by atoms with van der Waals surface area (Å²) in [5.41, 5.74) is 7.21. The number of rotatable bonds is 2. The highest BCUT2D eigenvalue weighted by Crippen LogP contribution is 2.51. The van der Waals surface area contributed by atoms with E-state index < -0.39 is 0 Å². The normalized spacial score (nSPS) is 14.0. The fourth-order valence-electron chi connectivity index (χ4n) is 4.48. The van der Waals surface area contributed by atoms with Crippen LogP contribution in [-0.2, 0) is 5.41 Å². The van der Waals surface area contributed by atoms with E-state index in [2.05, 4.69) is 73.8 Å². The van der Waals surface area contributed by atoms with E-state index in [1.807, 2.05) is 24.3 Å². The van der Waals surface area contributed by atoms with Gasteiger partial charge in [-0.1, -0.05) is 86.1 Å². The monoisotopic (exact) mass is 369 g/mol.